The van der Waals surface area contributed by atoms with E-state index in [9.17, 15) is 4.79 Å². The molecule has 98 valence electrons. The molecule has 0 unspecified atom stereocenters. The van der Waals surface area contributed by atoms with E-state index in [1.54, 1.807) is 7.05 Å². The van der Waals surface area contributed by atoms with E-state index in [-0.39, 0.29) is 11.8 Å². The second-order valence-corrected chi connectivity index (χ2v) is 4.83. The third-order valence-corrected chi connectivity index (χ3v) is 3.37. The van der Waals surface area contributed by atoms with Gasteiger partial charge in [0, 0.05) is 37.4 Å². The van der Waals surface area contributed by atoms with E-state index in [2.05, 4.69) is 20.2 Å². The highest BCUT2D eigenvalue weighted by molar-refractivity contribution is 5.78. The van der Waals surface area contributed by atoms with Crippen molar-refractivity contribution >= 4 is 11.9 Å². The van der Waals surface area contributed by atoms with E-state index in [1.165, 1.54) is 0 Å². The van der Waals surface area contributed by atoms with E-state index >= 15 is 0 Å². The molecule has 5 nitrogen and oxygen atoms in total. The molecule has 1 aromatic rings. The Kier molecular flexibility index (Phi) is 3.79. The van der Waals surface area contributed by atoms with Crippen LogP contribution in [-0.4, -0.2) is 36.0 Å². The fourth-order valence-electron chi connectivity index (χ4n) is 2.39. The van der Waals surface area contributed by atoms with Gasteiger partial charge in [-0.05, 0) is 32.8 Å². The van der Waals surface area contributed by atoms with Crippen LogP contribution in [0.1, 0.15) is 24.2 Å². The first-order valence-electron chi connectivity index (χ1n) is 6.39. The predicted octanol–water partition coefficient (Wildman–Crippen LogP) is 1.06. The van der Waals surface area contributed by atoms with Gasteiger partial charge in [0.15, 0.2) is 0 Å². The second-order valence-electron chi connectivity index (χ2n) is 4.83. The summed E-state index contributed by atoms with van der Waals surface area (Å²) in [6, 6.07) is 1.97. The van der Waals surface area contributed by atoms with Crippen LogP contribution in [0.15, 0.2) is 6.07 Å². The molecule has 1 saturated heterocycles. The minimum atomic E-state index is 0.136. The molecule has 0 bridgehead atoms. The molecule has 0 spiro atoms. The van der Waals surface area contributed by atoms with Crippen molar-refractivity contribution in [3.8, 4) is 0 Å². The molecule has 0 radical (unpaired) electrons. The summed E-state index contributed by atoms with van der Waals surface area (Å²) in [5.74, 6) is 1.08. The molecular formula is C13H20N4O. The van der Waals surface area contributed by atoms with Gasteiger partial charge in [-0.25, -0.2) is 9.97 Å². The van der Waals surface area contributed by atoms with Gasteiger partial charge < -0.3 is 10.2 Å². The Morgan fingerprint density at radius 2 is 1.83 bits per heavy atom. The number of hydrogen-bond acceptors (Lipinski definition) is 4. The number of aromatic nitrogens is 2. The quantitative estimate of drug-likeness (QED) is 0.850. The number of nitrogens with zero attached hydrogens (tertiary/aromatic N) is 3. The van der Waals surface area contributed by atoms with Crippen molar-refractivity contribution < 1.29 is 4.79 Å². The lowest BCUT2D eigenvalue weighted by Crippen LogP contribution is -2.40. The standard InChI is InChI=1S/C13H20N4O/c1-9-8-10(2)16-13(15-9)17-6-4-11(5-7-17)12(18)14-3/h8,11H,4-7H2,1-3H3,(H,14,18). The van der Waals surface area contributed by atoms with E-state index in [0.29, 0.717) is 0 Å². The zero-order valence-corrected chi connectivity index (χ0v) is 11.2. The molecule has 0 saturated carbocycles. The minimum absolute atomic E-state index is 0.136. The third kappa shape index (κ3) is 2.78. The fraction of sp³-hybridized carbons (Fsp3) is 0.615. The summed E-state index contributed by atoms with van der Waals surface area (Å²) < 4.78 is 0. The van der Waals surface area contributed by atoms with Crippen LogP contribution in [0.2, 0.25) is 0 Å². The van der Waals surface area contributed by atoms with E-state index in [0.717, 1.165) is 43.3 Å². The lowest BCUT2D eigenvalue weighted by atomic mass is 9.96. The first kappa shape index (κ1) is 12.8. The maximum atomic E-state index is 11.6. The molecule has 1 aromatic heterocycles. The van der Waals surface area contributed by atoms with Gasteiger partial charge in [-0.15, -0.1) is 0 Å². The van der Waals surface area contributed by atoms with Gasteiger partial charge in [-0.3, -0.25) is 4.79 Å². The molecule has 2 heterocycles. The van der Waals surface area contributed by atoms with Gasteiger partial charge in [0.1, 0.15) is 0 Å². The Morgan fingerprint density at radius 1 is 1.28 bits per heavy atom. The second kappa shape index (κ2) is 5.33. The molecule has 18 heavy (non-hydrogen) atoms. The highest BCUT2D eigenvalue weighted by atomic mass is 16.1. The van der Waals surface area contributed by atoms with Gasteiger partial charge in [0.05, 0.1) is 0 Å². The maximum Gasteiger partial charge on any atom is 0.225 e. The summed E-state index contributed by atoms with van der Waals surface area (Å²) in [7, 11) is 1.70. The van der Waals surface area contributed by atoms with E-state index < -0.39 is 0 Å². The molecule has 1 aliphatic heterocycles. The lowest BCUT2D eigenvalue weighted by Gasteiger charge is -2.31. The summed E-state index contributed by atoms with van der Waals surface area (Å²) in [6.07, 6.45) is 1.74. The van der Waals surface area contributed by atoms with Crippen molar-refractivity contribution in [1.29, 1.82) is 0 Å². The van der Waals surface area contributed by atoms with Gasteiger partial charge in [-0.2, -0.15) is 0 Å². The summed E-state index contributed by atoms with van der Waals surface area (Å²) in [5.41, 5.74) is 1.98. The van der Waals surface area contributed by atoms with Crippen molar-refractivity contribution in [3.05, 3.63) is 17.5 Å². The van der Waals surface area contributed by atoms with Crippen molar-refractivity contribution in [2.45, 2.75) is 26.7 Å². The zero-order valence-electron chi connectivity index (χ0n) is 11.2. The summed E-state index contributed by atoms with van der Waals surface area (Å²) in [4.78, 5) is 22.6. The normalized spacial score (nSPS) is 16.7. The molecule has 1 fully saturated rings. The molecule has 5 heteroatoms. The Morgan fingerprint density at radius 3 is 2.33 bits per heavy atom. The fourth-order valence-corrected chi connectivity index (χ4v) is 2.39. The van der Waals surface area contributed by atoms with Crippen LogP contribution in [0.3, 0.4) is 0 Å². The monoisotopic (exact) mass is 248 g/mol. The first-order chi connectivity index (χ1) is 8.60. The molecule has 1 aliphatic rings. The van der Waals surface area contributed by atoms with Gasteiger partial charge >= 0.3 is 0 Å². The van der Waals surface area contributed by atoms with Gasteiger partial charge in [0.2, 0.25) is 11.9 Å². The number of carbonyl (C=O) groups excluding carboxylic acids is 1. The number of rotatable bonds is 2. The van der Waals surface area contributed by atoms with Crippen molar-refractivity contribution in [3.63, 3.8) is 0 Å². The van der Waals surface area contributed by atoms with Crippen LogP contribution in [0.4, 0.5) is 5.95 Å². The van der Waals surface area contributed by atoms with Crippen LogP contribution >= 0.6 is 0 Å². The highest BCUT2D eigenvalue weighted by Gasteiger charge is 2.25. The number of amides is 1. The summed E-state index contributed by atoms with van der Waals surface area (Å²) in [6.45, 7) is 5.66. The van der Waals surface area contributed by atoms with Crippen LogP contribution < -0.4 is 10.2 Å². The van der Waals surface area contributed by atoms with Crippen molar-refractivity contribution in [2.24, 2.45) is 5.92 Å². The first-order valence-corrected chi connectivity index (χ1v) is 6.39. The number of piperidine rings is 1. The van der Waals surface area contributed by atoms with Gasteiger partial charge in [-0.1, -0.05) is 0 Å². The van der Waals surface area contributed by atoms with E-state index in [4.69, 9.17) is 0 Å². The van der Waals surface area contributed by atoms with Crippen molar-refractivity contribution in [2.75, 3.05) is 25.0 Å². The summed E-state index contributed by atoms with van der Waals surface area (Å²) >= 11 is 0. The highest BCUT2D eigenvalue weighted by Crippen LogP contribution is 2.21. The van der Waals surface area contributed by atoms with Gasteiger partial charge in [0.25, 0.3) is 0 Å². The van der Waals surface area contributed by atoms with E-state index in [1.807, 2.05) is 19.9 Å². The lowest BCUT2D eigenvalue weighted by molar-refractivity contribution is -0.125. The average molecular weight is 248 g/mol. The average Bonchev–Trinajstić information content (AvgIpc) is 2.37. The zero-order chi connectivity index (χ0) is 13.1. The number of anilines is 1. The summed E-state index contributed by atoms with van der Waals surface area (Å²) in [5, 5.41) is 2.72. The minimum Gasteiger partial charge on any atom is -0.359 e. The Labute approximate surface area is 108 Å². The van der Waals surface area contributed by atoms with Crippen LogP contribution in [0.5, 0.6) is 0 Å². The third-order valence-electron chi connectivity index (χ3n) is 3.37. The molecular weight excluding hydrogens is 228 g/mol. The molecule has 0 atom stereocenters. The molecule has 0 aliphatic carbocycles. The Bertz CT molecular complexity index is 418. The van der Waals surface area contributed by atoms with Crippen LogP contribution in [-0.2, 0) is 4.79 Å². The number of nitrogens with one attached hydrogen (secondary N) is 1. The maximum absolute atomic E-state index is 11.6. The topological polar surface area (TPSA) is 58.1 Å². The van der Waals surface area contributed by atoms with Crippen molar-refractivity contribution in [1.82, 2.24) is 15.3 Å². The van der Waals surface area contributed by atoms with Crippen LogP contribution in [0, 0.1) is 19.8 Å². The Hall–Kier alpha value is -1.65. The largest absolute Gasteiger partial charge is 0.359 e. The number of aryl methyl sites for hydroxylation is 2. The number of hydrogen-bond donors (Lipinski definition) is 1. The smallest absolute Gasteiger partial charge is 0.225 e. The Balaban J connectivity index is 2.03. The molecule has 1 N–H and O–H groups in total. The molecule has 2 rings (SSSR count). The SMILES string of the molecule is CNC(=O)C1CCN(c2nc(C)cc(C)n2)CC1. The predicted molar refractivity (Wildman–Crippen MR) is 70.5 cm³/mol. The number of carbonyl (C=O) groups is 1. The van der Waals surface area contributed by atoms with Crippen LogP contribution in [0.25, 0.3) is 0 Å². The molecule has 1 amide bonds. The molecule has 0 aromatic carbocycles.